The summed E-state index contributed by atoms with van der Waals surface area (Å²) in [5, 5.41) is 5.91. The standard InChI is InChI=1S/C11H19N3O3.ClH/c1-2-8-10(15)13-3-5-14(8)11(16)9-7-12-4-6-17-9;/h8-9,12H,2-7H2,1H3,(H,13,15);1H. The third kappa shape index (κ3) is 3.13. The third-order valence-corrected chi connectivity index (χ3v) is 3.20. The molecule has 2 N–H and O–H groups in total. The number of morpholine rings is 1. The number of amides is 2. The molecule has 2 fully saturated rings. The molecule has 18 heavy (non-hydrogen) atoms. The van der Waals surface area contributed by atoms with Crippen molar-refractivity contribution >= 4 is 24.2 Å². The van der Waals surface area contributed by atoms with Crippen molar-refractivity contribution in [2.24, 2.45) is 0 Å². The normalized spacial score (nSPS) is 28.3. The fourth-order valence-electron chi connectivity index (χ4n) is 2.29. The highest BCUT2D eigenvalue weighted by atomic mass is 35.5. The molecule has 0 saturated carbocycles. The molecule has 2 aliphatic rings. The van der Waals surface area contributed by atoms with E-state index in [0.29, 0.717) is 32.7 Å². The number of nitrogens with one attached hydrogen (secondary N) is 2. The highest BCUT2D eigenvalue weighted by molar-refractivity contribution is 5.90. The lowest BCUT2D eigenvalue weighted by molar-refractivity contribution is -0.153. The van der Waals surface area contributed by atoms with Crippen LogP contribution >= 0.6 is 12.4 Å². The van der Waals surface area contributed by atoms with Crippen molar-refractivity contribution in [1.82, 2.24) is 15.5 Å². The maximum absolute atomic E-state index is 12.2. The Morgan fingerprint density at radius 1 is 1.50 bits per heavy atom. The number of hydrogen-bond acceptors (Lipinski definition) is 4. The van der Waals surface area contributed by atoms with E-state index in [-0.39, 0.29) is 30.3 Å². The zero-order chi connectivity index (χ0) is 12.3. The minimum absolute atomic E-state index is 0. The number of halogens is 1. The fourth-order valence-corrected chi connectivity index (χ4v) is 2.29. The molecule has 2 unspecified atom stereocenters. The van der Waals surface area contributed by atoms with Crippen LogP contribution in [0.2, 0.25) is 0 Å². The second-order valence-electron chi connectivity index (χ2n) is 4.31. The highest BCUT2D eigenvalue weighted by Crippen LogP contribution is 2.12. The molecule has 2 amide bonds. The van der Waals surface area contributed by atoms with Crippen LogP contribution in [0.5, 0.6) is 0 Å². The lowest BCUT2D eigenvalue weighted by Gasteiger charge is -2.37. The molecular weight excluding hydrogens is 258 g/mol. The summed E-state index contributed by atoms with van der Waals surface area (Å²) in [6, 6.07) is -0.346. The van der Waals surface area contributed by atoms with Gasteiger partial charge in [0.05, 0.1) is 6.61 Å². The van der Waals surface area contributed by atoms with Gasteiger partial charge in [0, 0.05) is 26.2 Å². The Hall–Kier alpha value is -0.850. The Balaban J connectivity index is 0.00000162. The molecule has 0 aromatic rings. The third-order valence-electron chi connectivity index (χ3n) is 3.20. The zero-order valence-corrected chi connectivity index (χ0v) is 11.3. The average molecular weight is 278 g/mol. The van der Waals surface area contributed by atoms with Crippen LogP contribution in [0.4, 0.5) is 0 Å². The van der Waals surface area contributed by atoms with E-state index in [4.69, 9.17) is 4.74 Å². The minimum Gasteiger partial charge on any atom is -0.366 e. The van der Waals surface area contributed by atoms with E-state index in [1.807, 2.05) is 6.92 Å². The molecule has 6 nitrogen and oxygen atoms in total. The van der Waals surface area contributed by atoms with E-state index >= 15 is 0 Å². The van der Waals surface area contributed by atoms with Crippen LogP contribution < -0.4 is 10.6 Å². The summed E-state index contributed by atoms with van der Waals surface area (Å²) in [5.41, 5.74) is 0. The quantitative estimate of drug-likeness (QED) is 0.689. The van der Waals surface area contributed by atoms with Gasteiger partial charge in [-0.3, -0.25) is 9.59 Å². The van der Waals surface area contributed by atoms with Crippen molar-refractivity contribution in [2.45, 2.75) is 25.5 Å². The summed E-state index contributed by atoms with van der Waals surface area (Å²) in [7, 11) is 0. The maximum Gasteiger partial charge on any atom is 0.253 e. The monoisotopic (exact) mass is 277 g/mol. The van der Waals surface area contributed by atoms with E-state index in [1.165, 1.54) is 0 Å². The molecule has 0 aromatic carbocycles. The van der Waals surface area contributed by atoms with E-state index in [1.54, 1.807) is 4.90 Å². The van der Waals surface area contributed by atoms with Crippen molar-refractivity contribution in [3.63, 3.8) is 0 Å². The summed E-state index contributed by atoms with van der Waals surface area (Å²) in [4.78, 5) is 25.6. The molecule has 2 heterocycles. The van der Waals surface area contributed by atoms with E-state index < -0.39 is 6.10 Å². The number of hydrogen-bond donors (Lipinski definition) is 2. The van der Waals surface area contributed by atoms with Gasteiger partial charge in [-0.25, -0.2) is 0 Å². The topological polar surface area (TPSA) is 70.7 Å². The van der Waals surface area contributed by atoms with E-state index in [2.05, 4.69) is 10.6 Å². The van der Waals surface area contributed by atoms with Crippen LogP contribution in [0.15, 0.2) is 0 Å². The number of piperazine rings is 1. The first-order valence-corrected chi connectivity index (χ1v) is 6.14. The van der Waals surface area contributed by atoms with Gasteiger partial charge in [-0.15, -0.1) is 12.4 Å². The highest BCUT2D eigenvalue weighted by Gasteiger charge is 2.35. The second-order valence-corrected chi connectivity index (χ2v) is 4.31. The Labute approximate surface area is 113 Å². The van der Waals surface area contributed by atoms with Crippen LogP contribution in [-0.4, -0.2) is 61.6 Å². The average Bonchev–Trinajstić information content (AvgIpc) is 2.38. The number of nitrogens with zero attached hydrogens (tertiary/aromatic N) is 1. The summed E-state index contributed by atoms with van der Waals surface area (Å²) in [6.45, 7) is 4.88. The largest absolute Gasteiger partial charge is 0.366 e. The van der Waals surface area contributed by atoms with Crippen molar-refractivity contribution in [3.8, 4) is 0 Å². The first-order chi connectivity index (χ1) is 8.24. The first-order valence-electron chi connectivity index (χ1n) is 6.14. The van der Waals surface area contributed by atoms with Gasteiger partial charge in [-0.05, 0) is 6.42 Å². The van der Waals surface area contributed by atoms with Crippen LogP contribution in [0.1, 0.15) is 13.3 Å². The summed E-state index contributed by atoms with van der Waals surface area (Å²) >= 11 is 0. The van der Waals surface area contributed by atoms with Gasteiger partial charge in [0.1, 0.15) is 12.1 Å². The Morgan fingerprint density at radius 2 is 2.28 bits per heavy atom. The molecular formula is C11H20ClN3O3. The molecule has 0 bridgehead atoms. The van der Waals surface area contributed by atoms with Crippen molar-refractivity contribution < 1.29 is 14.3 Å². The summed E-state index contributed by atoms with van der Waals surface area (Å²) < 4.78 is 5.44. The van der Waals surface area contributed by atoms with Gasteiger partial charge < -0.3 is 20.3 Å². The predicted octanol–water partition coefficient (Wildman–Crippen LogP) is -0.866. The Bertz CT molecular complexity index is 308. The van der Waals surface area contributed by atoms with Gasteiger partial charge >= 0.3 is 0 Å². The lowest BCUT2D eigenvalue weighted by Crippen LogP contribution is -2.60. The molecule has 2 rings (SSSR count). The molecule has 0 radical (unpaired) electrons. The molecule has 104 valence electrons. The summed E-state index contributed by atoms with van der Waals surface area (Å²) in [5.74, 6) is -0.130. The van der Waals surface area contributed by atoms with E-state index in [9.17, 15) is 9.59 Å². The fraction of sp³-hybridized carbons (Fsp3) is 0.818. The van der Waals surface area contributed by atoms with Gasteiger partial charge in [-0.2, -0.15) is 0 Å². The zero-order valence-electron chi connectivity index (χ0n) is 10.5. The maximum atomic E-state index is 12.2. The number of ether oxygens (including phenoxy) is 1. The predicted molar refractivity (Wildman–Crippen MR) is 68.7 cm³/mol. The first kappa shape index (κ1) is 15.2. The summed E-state index contributed by atoms with van der Waals surface area (Å²) in [6.07, 6.45) is 0.196. The molecule has 2 saturated heterocycles. The van der Waals surface area contributed by atoms with Crippen molar-refractivity contribution in [1.29, 1.82) is 0 Å². The molecule has 0 aliphatic carbocycles. The van der Waals surface area contributed by atoms with Crippen molar-refractivity contribution in [2.75, 3.05) is 32.8 Å². The van der Waals surface area contributed by atoms with E-state index in [0.717, 1.165) is 6.54 Å². The Kier molecular flexibility index (Phi) is 5.84. The number of rotatable bonds is 2. The number of carbonyl (C=O) groups excluding carboxylic acids is 2. The lowest BCUT2D eigenvalue weighted by atomic mass is 10.1. The van der Waals surface area contributed by atoms with Crippen LogP contribution in [0, 0.1) is 0 Å². The van der Waals surface area contributed by atoms with Gasteiger partial charge in [0.25, 0.3) is 5.91 Å². The molecule has 0 aromatic heterocycles. The van der Waals surface area contributed by atoms with Gasteiger partial charge in [0.15, 0.2) is 0 Å². The SMILES string of the molecule is CCC1C(=O)NCCN1C(=O)C1CNCCO1.Cl. The van der Waals surface area contributed by atoms with Gasteiger partial charge in [0.2, 0.25) is 5.91 Å². The van der Waals surface area contributed by atoms with Crippen molar-refractivity contribution in [3.05, 3.63) is 0 Å². The second kappa shape index (κ2) is 6.92. The van der Waals surface area contributed by atoms with Gasteiger partial charge in [-0.1, -0.05) is 6.92 Å². The molecule has 2 atom stereocenters. The van der Waals surface area contributed by atoms with Crippen LogP contribution in [0.25, 0.3) is 0 Å². The number of carbonyl (C=O) groups is 2. The van der Waals surface area contributed by atoms with Crippen LogP contribution in [-0.2, 0) is 14.3 Å². The Morgan fingerprint density at radius 3 is 2.89 bits per heavy atom. The molecule has 0 spiro atoms. The molecule has 7 heteroatoms. The van der Waals surface area contributed by atoms with Crippen LogP contribution in [0.3, 0.4) is 0 Å². The smallest absolute Gasteiger partial charge is 0.253 e. The molecule has 2 aliphatic heterocycles. The minimum atomic E-state index is -0.441.